The van der Waals surface area contributed by atoms with E-state index in [1.54, 1.807) is 48.5 Å². The number of azide groups is 1. The van der Waals surface area contributed by atoms with Gasteiger partial charge in [0.25, 0.3) is 5.56 Å². The Morgan fingerprint density at radius 1 is 1.15 bits per heavy atom. The summed E-state index contributed by atoms with van der Waals surface area (Å²) < 4.78 is 38.3. The number of fused-ring (bicyclic) bond motifs is 1. The topological polar surface area (TPSA) is 207 Å². The second kappa shape index (κ2) is 13.7. The van der Waals surface area contributed by atoms with Crippen molar-refractivity contribution < 1.29 is 33.0 Å². The number of esters is 1. The zero-order chi connectivity index (χ0) is 32.9. The number of rotatable bonds is 12. The lowest BCUT2D eigenvalue weighted by molar-refractivity contribution is -0.146. The van der Waals surface area contributed by atoms with Crippen LogP contribution in [0.15, 0.2) is 99.8 Å². The van der Waals surface area contributed by atoms with E-state index in [9.17, 15) is 29.6 Å². The molecule has 0 aliphatic carbocycles. The fraction of sp³-hybridized carbons (Fsp3) is 0.300. The molecule has 1 aliphatic rings. The number of ether oxygens (including phenoxy) is 2. The number of aromatic amines is 1. The monoisotopic (exact) mass is 650 g/mol. The molecular weight excluding hydrogens is 619 g/mol. The van der Waals surface area contributed by atoms with Crippen LogP contribution in [0.3, 0.4) is 0 Å². The summed E-state index contributed by atoms with van der Waals surface area (Å²) in [5.74, 6) is -0.553. The van der Waals surface area contributed by atoms with E-state index >= 15 is 0 Å². The molecule has 1 fully saturated rings. The Hall–Kier alpha value is -4.75. The Balaban J connectivity index is 1.40. The van der Waals surface area contributed by atoms with Gasteiger partial charge in [-0.3, -0.25) is 23.7 Å². The van der Waals surface area contributed by atoms with Crippen molar-refractivity contribution in [1.29, 1.82) is 0 Å². The molecule has 6 atom stereocenters. The Morgan fingerprint density at radius 3 is 2.61 bits per heavy atom. The first-order valence-electron chi connectivity index (χ1n) is 14.1. The van der Waals surface area contributed by atoms with E-state index in [0.717, 1.165) is 27.8 Å². The molecule has 46 heavy (non-hydrogen) atoms. The number of nitrogens with zero attached hydrogens (tertiary/aromatic N) is 4. The number of aromatic nitrogens is 2. The van der Waals surface area contributed by atoms with E-state index in [2.05, 4.69) is 20.1 Å². The lowest BCUT2D eigenvalue weighted by Gasteiger charge is -2.28. The van der Waals surface area contributed by atoms with Crippen molar-refractivity contribution in [2.75, 3.05) is 6.61 Å². The van der Waals surface area contributed by atoms with E-state index in [4.69, 9.17) is 18.5 Å². The summed E-state index contributed by atoms with van der Waals surface area (Å²) >= 11 is 0. The number of nitrogens with one attached hydrogen (secondary N) is 2. The van der Waals surface area contributed by atoms with Crippen molar-refractivity contribution in [3.8, 4) is 5.75 Å². The standard InChI is InChI=1S/C30H31N6O9P/c1-19(27(39)42-17-20-9-4-3-5-10-20)33-46(41,45-23-14-8-12-21-11-6-7-13-22(21)23)43-18-24-26(38)30(2,34-35-31)28(44-24)36-16-15-25(37)32-29(36)40/h3-16,19,24,26,28,38H,17-18H2,1-2H3,(H,33,41)(H,32,37,40)/t19-,24+,26+,28?,30+,46?/m0/s1. The first kappa shape index (κ1) is 32.6. The minimum Gasteiger partial charge on any atom is -0.460 e. The van der Waals surface area contributed by atoms with Gasteiger partial charge in [0.2, 0.25) is 0 Å². The number of carbonyl (C=O) groups excluding carboxylic acids is 1. The average molecular weight is 651 g/mol. The number of H-pyrrole nitrogens is 1. The van der Waals surface area contributed by atoms with Gasteiger partial charge in [-0.1, -0.05) is 71.8 Å². The number of benzene rings is 3. The van der Waals surface area contributed by atoms with Crippen molar-refractivity contribution >= 4 is 24.5 Å². The fourth-order valence-corrected chi connectivity index (χ4v) is 6.53. The zero-order valence-corrected chi connectivity index (χ0v) is 25.7. The van der Waals surface area contributed by atoms with Crippen LogP contribution in [0, 0.1) is 0 Å². The molecule has 1 saturated heterocycles. The van der Waals surface area contributed by atoms with Gasteiger partial charge in [0.15, 0.2) is 6.23 Å². The molecule has 1 aliphatic heterocycles. The summed E-state index contributed by atoms with van der Waals surface area (Å²) in [4.78, 5) is 42.0. The van der Waals surface area contributed by atoms with Crippen LogP contribution in [0.4, 0.5) is 0 Å². The van der Waals surface area contributed by atoms with Crippen LogP contribution >= 0.6 is 7.75 Å². The van der Waals surface area contributed by atoms with Gasteiger partial charge >= 0.3 is 19.4 Å². The number of hydrogen-bond donors (Lipinski definition) is 3. The van der Waals surface area contributed by atoms with Gasteiger partial charge in [-0.15, -0.1) is 0 Å². The molecule has 240 valence electrons. The number of hydrogen-bond acceptors (Lipinski definition) is 10. The molecule has 3 N–H and O–H groups in total. The smallest absolute Gasteiger partial charge is 0.459 e. The molecule has 0 saturated carbocycles. The molecule has 2 heterocycles. The quantitative estimate of drug-likeness (QED) is 0.0661. The Morgan fingerprint density at radius 2 is 1.87 bits per heavy atom. The molecule has 4 aromatic rings. The minimum atomic E-state index is -4.46. The van der Waals surface area contributed by atoms with Crippen LogP contribution in [-0.2, 0) is 30.0 Å². The molecule has 5 rings (SSSR count). The van der Waals surface area contributed by atoms with Crippen LogP contribution in [0.1, 0.15) is 25.6 Å². The molecule has 0 spiro atoms. The third-order valence-corrected chi connectivity index (χ3v) is 9.05. The molecule has 0 bridgehead atoms. The average Bonchev–Trinajstić information content (AvgIpc) is 3.28. The highest BCUT2D eigenvalue weighted by atomic mass is 31.2. The molecule has 16 heteroatoms. The number of carbonyl (C=O) groups is 1. The summed E-state index contributed by atoms with van der Waals surface area (Å²) in [5, 5.41) is 18.9. The maximum atomic E-state index is 14.3. The lowest BCUT2D eigenvalue weighted by atomic mass is 9.93. The maximum Gasteiger partial charge on any atom is 0.459 e. The van der Waals surface area contributed by atoms with E-state index in [1.807, 2.05) is 24.3 Å². The second-order valence-electron chi connectivity index (χ2n) is 10.7. The van der Waals surface area contributed by atoms with Crippen molar-refractivity contribution in [2.24, 2.45) is 5.11 Å². The van der Waals surface area contributed by atoms with Gasteiger partial charge in [-0.2, -0.15) is 5.09 Å². The van der Waals surface area contributed by atoms with Crippen molar-refractivity contribution in [2.45, 2.75) is 50.5 Å². The van der Waals surface area contributed by atoms with E-state index < -0.39 is 61.6 Å². The van der Waals surface area contributed by atoms with E-state index in [1.165, 1.54) is 13.8 Å². The van der Waals surface area contributed by atoms with Gasteiger partial charge in [0.05, 0.1) is 12.7 Å². The van der Waals surface area contributed by atoms with Crippen molar-refractivity contribution in [3.05, 3.63) is 122 Å². The lowest BCUT2D eigenvalue weighted by Crippen LogP contribution is -2.45. The highest BCUT2D eigenvalue weighted by molar-refractivity contribution is 7.52. The van der Waals surface area contributed by atoms with Gasteiger partial charge in [-0.25, -0.2) is 9.36 Å². The van der Waals surface area contributed by atoms with Gasteiger partial charge in [0, 0.05) is 22.6 Å². The minimum absolute atomic E-state index is 0.0212. The Kier molecular flexibility index (Phi) is 9.73. The SMILES string of the molecule is C[C@H](NP(=O)(OC[C@H]1OC(n2ccc(=O)[nH]c2=O)[C@](C)(N=[N+]=[N-])[C@@H]1O)Oc1cccc2ccccc12)C(=O)OCc1ccccc1. The zero-order valence-electron chi connectivity index (χ0n) is 24.8. The normalized spacial score (nSPS) is 22.8. The molecule has 0 radical (unpaired) electrons. The Bertz CT molecular complexity index is 1920. The predicted octanol–water partition coefficient (Wildman–Crippen LogP) is 3.94. The summed E-state index contributed by atoms with van der Waals surface area (Å²) in [6.07, 6.45) is -3.14. The van der Waals surface area contributed by atoms with Gasteiger partial charge in [0.1, 0.15) is 30.0 Å². The van der Waals surface area contributed by atoms with E-state index in [-0.39, 0.29) is 12.4 Å². The molecule has 2 unspecified atom stereocenters. The van der Waals surface area contributed by atoms with Crippen LogP contribution in [0.5, 0.6) is 5.75 Å². The summed E-state index contributed by atoms with van der Waals surface area (Å²) in [5.41, 5.74) is 6.70. The maximum absolute atomic E-state index is 14.3. The highest BCUT2D eigenvalue weighted by Crippen LogP contribution is 2.48. The summed E-state index contributed by atoms with van der Waals surface area (Å²) in [7, 11) is -4.46. The van der Waals surface area contributed by atoms with Crippen molar-refractivity contribution in [3.63, 3.8) is 0 Å². The van der Waals surface area contributed by atoms with Crippen LogP contribution in [-0.4, -0.2) is 51.0 Å². The van der Waals surface area contributed by atoms with Crippen LogP contribution in [0.25, 0.3) is 21.2 Å². The molecule has 3 aromatic carbocycles. The Labute approximate surface area is 261 Å². The van der Waals surface area contributed by atoms with Crippen LogP contribution < -0.4 is 20.9 Å². The molecule has 1 aromatic heterocycles. The van der Waals surface area contributed by atoms with Gasteiger partial charge in [-0.05, 0) is 36.4 Å². The molecule has 15 nitrogen and oxygen atoms in total. The van der Waals surface area contributed by atoms with Gasteiger partial charge < -0.3 is 19.1 Å². The largest absolute Gasteiger partial charge is 0.460 e. The van der Waals surface area contributed by atoms with E-state index in [0.29, 0.717) is 5.39 Å². The number of aliphatic hydroxyl groups excluding tert-OH is 1. The molecule has 0 amide bonds. The third kappa shape index (κ3) is 7.05. The third-order valence-electron chi connectivity index (χ3n) is 7.42. The fourth-order valence-electron chi connectivity index (χ4n) is 5.00. The van der Waals surface area contributed by atoms with Crippen molar-refractivity contribution in [1.82, 2.24) is 14.6 Å². The summed E-state index contributed by atoms with van der Waals surface area (Å²) in [6, 6.07) is 21.2. The highest BCUT2D eigenvalue weighted by Gasteiger charge is 2.55. The molecular formula is C30H31N6O9P. The first-order valence-corrected chi connectivity index (χ1v) is 15.7. The summed E-state index contributed by atoms with van der Waals surface area (Å²) in [6.45, 7) is 2.16. The number of aliphatic hydroxyl groups is 1. The first-order chi connectivity index (χ1) is 22.0. The second-order valence-corrected chi connectivity index (χ2v) is 12.4. The van der Waals surface area contributed by atoms with Crippen LogP contribution in [0.2, 0.25) is 0 Å². The predicted molar refractivity (Wildman–Crippen MR) is 166 cm³/mol.